The normalized spacial score (nSPS) is 10.5. The molecule has 0 bridgehead atoms. The lowest BCUT2D eigenvalue weighted by atomic mass is 10.1. The molecule has 0 aliphatic heterocycles. The summed E-state index contributed by atoms with van der Waals surface area (Å²) >= 11 is 0. The van der Waals surface area contributed by atoms with Gasteiger partial charge in [0.25, 0.3) is 5.91 Å². The molecule has 6 nitrogen and oxygen atoms in total. The molecule has 1 N–H and O–H groups in total. The van der Waals surface area contributed by atoms with Crippen LogP contribution < -0.4 is 14.8 Å². The van der Waals surface area contributed by atoms with Gasteiger partial charge in [0.05, 0.1) is 49.5 Å². The van der Waals surface area contributed by atoms with Gasteiger partial charge in [-0.3, -0.25) is 4.79 Å². The first-order valence-corrected chi connectivity index (χ1v) is 9.30. The highest BCUT2D eigenvalue weighted by Gasteiger charge is 2.19. The number of nitrogens with one attached hydrogen (secondary N) is 1. The lowest BCUT2D eigenvalue weighted by molar-refractivity contribution is 0.0949. The minimum Gasteiger partial charge on any atom is -0.496 e. The van der Waals surface area contributed by atoms with Crippen LogP contribution in [0.5, 0.6) is 11.5 Å². The van der Waals surface area contributed by atoms with E-state index in [9.17, 15) is 4.79 Å². The maximum atomic E-state index is 12.9. The van der Waals surface area contributed by atoms with Gasteiger partial charge in [-0.05, 0) is 30.7 Å². The number of aromatic nitrogens is 2. The molecule has 0 spiro atoms. The van der Waals surface area contributed by atoms with Gasteiger partial charge in [-0.25, -0.2) is 4.68 Å². The van der Waals surface area contributed by atoms with Crippen molar-refractivity contribution >= 4 is 5.91 Å². The van der Waals surface area contributed by atoms with E-state index in [0.717, 1.165) is 29.8 Å². The third-order valence-corrected chi connectivity index (χ3v) is 4.56. The number of rotatable bonds is 8. The molecule has 1 amide bonds. The molecule has 0 radical (unpaired) electrons. The van der Waals surface area contributed by atoms with E-state index in [0.29, 0.717) is 23.6 Å². The fraction of sp³-hybridized carbons (Fsp3) is 0.273. The standard InChI is InChI=1S/C22H25N3O3/c1-4-9-19-17(15-24-25(19)16-10-6-5-7-11-16)22(26)23-14-18-20(27-2)12-8-13-21(18)28-3/h5-8,10-13,15H,4,9,14H2,1-3H3,(H,23,26). The number of amides is 1. The largest absolute Gasteiger partial charge is 0.496 e. The van der Waals surface area contributed by atoms with Gasteiger partial charge < -0.3 is 14.8 Å². The molecule has 1 heterocycles. The van der Waals surface area contributed by atoms with Gasteiger partial charge in [-0.15, -0.1) is 0 Å². The van der Waals surface area contributed by atoms with Gasteiger partial charge in [0.1, 0.15) is 11.5 Å². The van der Waals surface area contributed by atoms with Crippen molar-refractivity contribution in [1.82, 2.24) is 15.1 Å². The van der Waals surface area contributed by atoms with Crippen LogP contribution in [0.15, 0.2) is 54.7 Å². The quantitative estimate of drug-likeness (QED) is 0.647. The average Bonchev–Trinajstić information content (AvgIpc) is 3.16. The van der Waals surface area contributed by atoms with Gasteiger partial charge in [0.2, 0.25) is 0 Å². The molecule has 0 saturated carbocycles. The van der Waals surface area contributed by atoms with Gasteiger partial charge >= 0.3 is 0 Å². The van der Waals surface area contributed by atoms with Gasteiger partial charge in [0, 0.05) is 0 Å². The molecule has 6 heteroatoms. The molecular weight excluding hydrogens is 354 g/mol. The van der Waals surface area contributed by atoms with Crippen LogP contribution in [-0.4, -0.2) is 29.9 Å². The molecule has 0 unspecified atom stereocenters. The Morgan fingerprint density at radius 2 is 1.71 bits per heavy atom. The highest BCUT2D eigenvalue weighted by Crippen LogP contribution is 2.28. The van der Waals surface area contributed by atoms with Crippen molar-refractivity contribution in [2.75, 3.05) is 14.2 Å². The highest BCUT2D eigenvalue weighted by atomic mass is 16.5. The van der Waals surface area contributed by atoms with E-state index in [2.05, 4.69) is 17.3 Å². The Bertz CT molecular complexity index is 913. The Kier molecular flexibility index (Phi) is 6.32. The van der Waals surface area contributed by atoms with E-state index in [4.69, 9.17) is 9.47 Å². The van der Waals surface area contributed by atoms with Crippen molar-refractivity contribution in [2.24, 2.45) is 0 Å². The van der Waals surface area contributed by atoms with Crippen LogP contribution in [0.1, 0.15) is 35.0 Å². The predicted octanol–water partition coefficient (Wildman–Crippen LogP) is 3.77. The van der Waals surface area contributed by atoms with Crippen LogP contribution >= 0.6 is 0 Å². The first-order valence-electron chi connectivity index (χ1n) is 9.30. The van der Waals surface area contributed by atoms with Crippen molar-refractivity contribution in [3.8, 4) is 17.2 Å². The Balaban J connectivity index is 1.85. The maximum Gasteiger partial charge on any atom is 0.255 e. The summed E-state index contributed by atoms with van der Waals surface area (Å²) in [4.78, 5) is 12.9. The Morgan fingerprint density at radius 3 is 2.32 bits per heavy atom. The van der Waals surface area contributed by atoms with E-state index in [1.807, 2.05) is 53.2 Å². The zero-order chi connectivity index (χ0) is 19.9. The zero-order valence-electron chi connectivity index (χ0n) is 16.4. The third kappa shape index (κ3) is 4.01. The van der Waals surface area contributed by atoms with Crippen molar-refractivity contribution < 1.29 is 14.3 Å². The minimum absolute atomic E-state index is 0.168. The molecule has 3 aromatic rings. The van der Waals surface area contributed by atoms with Gasteiger partial charge in [-0.2, -0.15) is 5.10 Å². The molecule has 1 aromatic heterocycles. The van der Waals surface area contributed by atoms with E-state index in [-0.39, 0.29) is 5.91 Å². The minimum atomic E-state index is -0.168. The Morgan fingerprint density at radius 1 is 1.04 bits per heavy atom. The predicted molar refractivity (Wildman–Crippen MR) is 108 cm³/mol. The van der Waals surface area contributed by atoms with Crippen molar-refractivity contribution in [3.05, 3.63) is 71.5 Å². The molecule has 2 aromatic carbocycles. The van der Waals surface area contributed by atoms with Gasteiger partial charge in [0.15, 0.2) is 0 Å². The number of ether oxygens (including phenoxy) is 2. The molecular formula is C22H25N3O3. The molecule has 0 fully saturated rings. The summed E-state index contributed by atoms with van der Waals surface area (Å²) in [7, 11) is 3.20. The summed E-state index contributed by atoms with van der Waals surface area (Å²) in [5.74, 6) is 1.18. The van der Waals surface area contributed by atoms with Crippen LogP contribution in [0.25, 0.3) is 5.69 Å². The molecule has 0 saturated heterocycles. The maximum absolute atomic E-state index is 12.9. The van der Waals surface area contributed by atoms with Gasteiger partial charge in [-0.1, -0.05) is 37.6 Å². The lowest BCUT2D eigenvalue weighted by Crippen LogP contribution is -2.24. The second-order valence-electron chi connectivity index (χ2n) is 6.33. The van der Waals surface area contributed by atoms with Crippen molar-refractivity contribution in [2.45, 2.75) is 26.3 Å². The number of hydrogen-bond acceptors (Lipinski definition) is 4. The number of carbonyl (C=O) groups excluding carboxylic acids is 1. The summed E-state index contributed by atoms with van der Waals surface area (Å²) < 4.78 is 12.6. The third-order valence-electron chi connectivity index (χ3n) is 4.56. The molecule has 146 valence electrons. The first-order chi connectivity index (χ1) is 13.7. The second kappa shape index (κ2) is 9.08. The molecule has 0 aliphatic rings. The van der Waals surface area contributed by atoms with Crippen LogP contribution in [-0.2, 0) is 13.0 Å². The highest BCUT2D eigenvalue weighted by molar-refractivity contribution is 5.95. The Hall–Kier alpha value is -3.28. The molecule has 3 rings (SSSR count). The topological polar surface area (TPSA) is 65.4 Å². The average molecular weight is 379 g/mol. The number of benzene rings is 2. The second-order valence-corrected chi connectivity index (χ2v) is 6.33. The number of para-hydroxylation sites is 1. The van der Waals surface area contributed by atoms with E-state index in [1.54, 1.807) is 20.4 Å². The molecule has 28 heavy (non-hydrogen) atoms. The Labute approximate surface area is 165 Å². The zero-order valence-corrected chi connectivity index (χ0v) is 16.4. The number of hydrogen-bond donors (Lipinski definition) is 1. The van der Waals surface area contributed by atoms with E-state index < -0.39 is 0 Å². The van der Waals surface area contributed by atoms with E-state index >= 15 is 0 Å². The first kappa shape index (κ1) is 19.5. The van der Waals surface area contributed by atoms with Crippen LogP contribution in [0.3, 0.4) is 0 Å². The van der Waals surface area contributed by atoms with Crippen molar-refractivity contribution in [3.63, 3.8) is 0 Å². The summed E-state index contributed by atoms with van der Waals surface area (Å²) in [6.45, 7) is 2.39. The molecule has 0 aliphatic carbocycles. The molecule has 0 atom stereocenters. The number of carbonyl (C=O) groups is 1. The summed E-state index contributed by atoms with van der Waals surface area (Å²) in [5.41, 5.74) is 3.22. The number of nitrogens with zero attached hydrogens (tertiary/aromatic N) is 2. The lowest BCUT2D eigenvalue weighted by Gasteiger charge is -2.14. The van der Waals surface area contributed by atoms with Crippen LogP contribution in [0.4, 0.5) is 0 Å². The van der Waals surface area contributed by atoms with Crippen molar-refractivity contribution in [1.29, 1.82) is 0 Å². The van der Waals surface area contributed by atoms with Crippen LogP contribution in [0.2, 0.25) is 0 Å². The smallest absolute Gasteiger partial charge is 0.255 e. The summed E-state index contributed by atoms with van der Waals surface area (Å²) in [6, 6.07) is 15.4. The monoisotopic (exact) mass is 379 g/mol. The van der Waals surface area contributed by atoms with E-state index in [1.165, 1.54) is 0 Å². The fourth-order valence-electron chi connectivity index (χ4n) is 3.20. The summed E-state index contributed by atoms with van der Waals surface area (Å²) in [6.07, 6.45) is 3.31. The SMILES string of the molecule is CCCc1c(C(=O)NCc2c(OC)cccc2OC)cnn1-c1ccccc1. The number of methoxy groups -OCH3 is 2. The fourth-order valence-corrected chi connectivity index (χ4v) is 3.20. The summed E-state index contributed by atoms with van der Waals surface area (Å²) in [5, 5.41) is 7.43. The van der Waals surface area contributed by atoms with Crippen LogP contribution in [0, 0.1) is 0 Å².